The molecule has 28 heavy (non-hydrogen) atoms. The molecule has 2 aromatic carbocycles. The average molecular weight is 398 g/mol. The molecule has 2 heterocycles. The number of nitrogens with zero attached hydrogens (tertiary/aromatic N) is 1. The third kappa shape index (κ3) is 3.27. The van der Waals surface area contributed by atoms with Gasteiger partial charge in [0.15, 0.2) is 11.2 Å². The Balaban J connectivity index is 1.67. The minimum atomic E-state index is -3.32. The van der Waals surface area contributed by atoms with Gasteiger partial charge in [-0.25, -0.2) is 8.42 Å². The lowest BCUT2D eigenvalue weighted by atomic mass is 10.1. The first kappa shape index (κ1) is 18.2. The lowest BCUT2D eigenvalue weighted by molar-refractivity contribution is 0.0997. The van der Waals surface area contributed by atoms with Gasteiger partial charge < -0.3 is 9.73 Å². The van der Waals surface area contributed by atoms with E-state index >= 15 is 0 Å². The SMILES string of the molecule is Cc1ccc(N2CCCS2(=O)=O)cc1NC(=O)c1cc(=O)c2ccccc2o1. The fraction of sp³-hybridized carbons (Fsp3) is 0.200. The zero-order valence-corrected chi connectivity index (χ0v) is 16.0. The Morgan fingerprint density at radius 1 is 1.14 bits per heavy atom. The second kappa shape index (κ2) is 6.79. The number of hydrogen-bond donors (Lipinski definition) is 1. The molecule has 7 nitrogen and oxygen atoms in total. The van der Waals surface area contributed by atoms with Gasteiger partial charge in [0.25, 0.3) is 5.91 Å². The fourth-order valence-corrected chi connectivity index (χ4v) is 4.79. The molecule has 1 saturated heterocycles. The van der Waals surface area contributed by atoms with Crippen molar-refractivity contribution in [3.05, 3.63) is 70.1 Å². The van der Waals surface area contributed by atoms with Gasteiger partial charge >= 0.3 is 0 Å². The second-order valence-electron chi connectivity index (χ2n) is 6.67. The van der Waals surface area contributed by atoms with E-state index in [1.54, 1.807) is 49.4 Å². The van der Waals surface area contributed by atoms with E-state index in [1.165, 1.54) is 4.31 Å². The molecule has 1 aliphatic rings. The van der Waals surface area contributed by atoms with E-state index in [2.05, 4.69) is 5.32 Å². The van der Waals surface area contributed by atoms with Crippen molar-refractivity contribution < 1.29 is 17.6 Å². The molecule has 0 radical (unpaired) electrons. The van der Waals surface area contributed by atoms with Crippen LogP contribution in [0.5, 0.6) is 0 Å². The Labute approximate surface area is 161 Å². The lowest BCUT2D eigenvalue weighted by Gasteiger charge is -2.19. The van der Waals surface area contributed by atoms with E-state index in [0.717, 1.165) is 11.6 Å². The topological polar surface area (TPSA) is 96.7 Å². The normalized spacial score (nSPS) is 15.7. The third-order valence-electron chi connectivity index (χ3n) is 4.72. The number of para-hydroxylation sites is 1. The molecule has 1 fully saturated rings. The van der Waals surface area contributed by atoms with Gasteiger partial charge in [0, 0.05) is 18.3 Å². The minimum absolute atomic E-state index is 0.109. The maximum atomic E-state index is 12.6. The Morgan fingerprint density at radius 3 is 2.68 bits per heavy atom. The summed E-state index contributed by atoms with van der Waals surface area (Å²) in [6.45, 7) is 2.22. The summed E-state index contributed by atoms with van der Waals surface area (Å²) in [5.74, 6) is -0.570. The Bertz CT molecular complexity index is 1250. The molecule has 0 unspecified atom stereocenters. The summed E-state index contributed by atoms with van der Waals surface area (Å²) in [7, 11) is -3.32. The standard InChI is InChI=1S/C20H18N2O5S/c1-13-7-8-14(22-9-4-10-28(22,25)26)11-16(13)21-20(24)19-12-17(23)15-5-2-3-6-18(15)27-19/h2-3,5-8,11-12H,4,9-10H2,1H3,(H,21,24). The minimum Gasteiger partial charge on any atom is -0.451 e. The van der Waals surface area contributed by atoms with Crippen molar-refractivity contribution in [3.8, 4) is 0 Å². The maximum Gasteiger partial charge on any atom is 0.291 e. The van der Waals surface area contributed by atoms with Crippen molar-refractivity contribution in [3.63, 3.8) is 0 Å². The van der Waals surface area contributed by atoms with Crippen LogP contribution in [-0.4, -0.2) is 26.6 Å². The van der Waals surface area contributed by atoms with Crippen molar-refractivity contribution in [2.45, 2.75) is 13.3 Å². The van der Waals surface area contributed by atoms with Gasteiger partial charge in [0.2, 0.25) is 10.0 Å². The van der Waals surface area contributed by atoms with Crippen LogP contribution < -0.4 is 15.1 Å². The largest absolute Gasteiger partial charge is 0.451 e. The van der Waals surface area contributed by atoms with Crippen LogP contribution in [0.15, 0.2) is 57.7 Å². The first-order valence-corrected chi connectivity index (χ1v) is 10.4. The highest BCUT2D eigenvalue weighted by molar-refractivity contribution is 7.93. The van der Waals surface area contributed by atoms with E-state index in [1.807, 2.05) is 0 Å². The van der Waals surface area contributed by atoms with Crippen molar-refractivity contribution in [1.29, 1.82) is 0 Å². The summed E-state index contributed by atoms with van der Waals surface area (Å²) in [6.07, 6.45) is 0.570. The zero-order chi connectivity index (χ0) is 19.9. The molecule has 0 spiro atoms. The van der Waals surface area contributed by atoms with E-state index in [-0.39, 0.29) is 16.9 Å². The number of benzene rings is 2. The maximum absolute atomic E-state index is 12.6. The Morgan fingerprint density at radius 2 is 1.93 bits per heavy atom. The van der Waals surface area contributed by atoms with E-state index in [9.17, 15) is 18.0 Å². The predicted molar refractivity (Wildman–Crippen MR) is 107 cm³/mol. The number of rotatable bonds is 3. The van der Waals surface area contributed by atoms with Crippen LogP contribution in [0.4, 0.5) is 11.4 Å². The molecule has 8 heteroatoms. The van der Waals surface area contributed by atoms with Crippen molar-refractivity contribution in [1.82, 2.24) is 0 Å². The van der Waals surface area contributed by atoms with Gasteiger partial charge in [-0.05, 0) is 43.2 Å². The number of carbonyl (C=O) groups is 1. The number of carbonyl (C=O) groups excluding carboxylic acids is 1. The number of aryl methyl sites for hydroxylation is 1. The van der Waals surface area contributed by atoms with Crippen LogP contribution in [-0.2, 0) is 10.0 Å². The first-order valence-electron chi connectivity index (χ1n) is 8.80. The number of anilines is 2. The molecular weight excluding hydrogens is 380 g/mol. The van der Waals surface area contributed by atoms with Gasteiger partial charge in [-0.1, -0.05) is 18.2 Å². The highest BCUT2D eigenvalue weighted by atomic mass is 32.2. The molecule has 4 rings (SSSR count). The zero-order valence-electron chi connectivity index (χ0n) is 15.1. The molecule has 0 bridgehead atoms. The van der Waals surface area contributed by atoms with Crippen molar-refractivity contribution >= 4 is 38.3 Å². The second-order valence-corrected chi connectivity index (χ2v) is 8.68. The van der Waals surface area contributed by atoms with E-state index in [0.29, 0.717) is 35.3 Å². The van der Waals surface area contributed by atoms with Crippen LogP contribution in [0.3, 0.4) is 0 Å². The van der Waals surface area contributed by atoms with E-state index < -0.39 is 15.9 Å². The molecule has 1 N–H and O–H groups in total. The van der Waals surface area contributed by atoms with Crippen LogP contribution in [0.1, 0.15) is 22.5 Å². The van der Waals surface area contributed by atoms with Crippen molar-refractivity contribution in [2.75, 3.05) is 21.9 Å². The molecule has 1 aliphatic heterocycles. The van der Waals surface area contributed by atoms with Gasteiger partial charge in [-0.15, -0.1) is 0 Å². The molecule has 1 aromatic heterocycles. The number of amides is 1. The number of fused-ring (bicyclic) bond motifs is 1. The summed E-state index contributed by atoms with van der Waals surface area (Å²) >= 11 is 0. The number of nitrogens with one attached hydrogen (secondary N) is 1. The molecule has 0 saturated carbocycles. The van der Waals surface area contributed by atoms with Gasteiger partial charge in [-0.3, -0.25) is 13.9 Å². The first-order chi connectivity index (χ1) is 13.3. The molecule has 0 aliphatic carbocycles. The van der Waals surface area contributed by atoms with E-state index in [4.69, 9.17) is 4.42 Å². The molecular formula is C20H18N2O5S. The summed E-state index contributed by atoms with van der Waals surface area (Å²) in [5.41, 5.74) is 1.74. The monoisotopic (exact) mass is 398 g/mol. The van der Waals surface area contributed by atoms with Crippen LogP contribution in [0.2, 0.25) is 0 Å². The third-order valence-corrected chi connectivity index (χ3v) is 6.58. The lowest BCUT2D eigenvalue weighted by Crippen LogP contribution is -2.25. The van der Waals surface area contributed by atoms with Gasteiger partial charge in [0.05, 0.1) is 16.8 Å². The summed E-state index contributed by atoms with van der Waals surface area (Å²) in [4.78, 5) is 24.9. The molecule has 0 atom stereocenters. The number of sulfonamides is 1. The van der Waals surface area contributed by atoms with Crippen LogP contribution in [0.25, 0.3) is 11.0 Å². The quantitative estimate of drug-likeness (QED) is 0.732. The predicted octanol–water partition coefficient (Wildman–Crippen LogP) is 2.89. The highest BCUT2D eigenvalue weighted by Crippen LogP contribution is 2.29. The Hall–Kier alpha value is -3.13. The molecule has 1 amide bonds. The van der Waals surface area contributed by atoms with Crippen LogP contribution >= 0.6 is 0 Å². The summed E-state index contributed by atoms with van der Waals surface area (Å²) < 4.78 is 31.2. The Kier molecular flexibility index (Phi) is 4.43. The molecule has 144 valence electrons. The summed E-state index contributed by atoms with van der Waals surface area (Å²) in [5, 5.41) is 3.12. The van der Waals surface area contributed by atoms with Crippen LogP contribution in [0, 0.1) is 6.92 Å². The summed E-state index contributed by atoms with van der Waals surface area (Å²) in [6, 6.07) is 12.9. The molecule has 3 aromatic rings. The number of hydrogen-bond acceptors (Lipinski definition) is 5. The average Bonchev–Trinajstić information content (AvgIpc) is 3.02. The van der Waals surface area contributed by atoms with Crippen molar-refractivity contribution in [2.24, 2.45) is 0 Å². The van der Waals surface area contributed by atoms with Gasteiger partial charge in [-0.2, -0.15) is 0 Å². The smallest absolute Gasteiger partial charge is 0.291 e. The fourth-order valence-electron chi connectivity index (χ4n) is 3.23. The van der Waals surface area contributed by atoms with Gasteiger partial charge in [0.1, 0.15) is 5.58 Å². The highest BCUT2D eigenvalue weighted by Gasteiger charge is 2.28.